The van der Waals surface area contributed by atoms with Gasteiger partial charge in [0.2, 0.25) is 11.9 Å². The number of hydrogen-bond donors (Lipinski definition) is 2. The van der Waals surface area contributed by atoms with Crippen LogP contribution in [-0.2, 0) is 13.0 Å². The molecule has 3 N–H and O–H groups in total. The third-order valence-corrected chi connectivity index (χ3v) is 4.18. The van der Waals surface area contributed by atoms with Crippen molar-refractivity contribution in [1.29, 1.82) is 0 Å². The number of nitrogens with one attached hydrogen (secondary N) is 1. The van der Waals surface area contributed by atoms with Gasteiger partial charge in [0.05, 0.1) is 11.9 Å². The summed E-state index contributed by atoms with van der Waals surface area (Å²) in [7, 11) is 0. The highest BCUT2D eigenvalue weighted by Crippen LogP contribution is 2.18. The summed E-state index contributed by atoms with van der Waals surface area (Å²) in [6, 6.07) is 14.2. The SMILES string of the molecule is CCc1cnn2c(NCc3ccc(-c4ccccc4)nc3)nc(N)nc12. The molecule has 0 radical (unpaired) electrons. The molecule has 3 aromatic heterocycles. The number of nitrogens with two attached hydrogens (primary N) is 1. The summed E-state index contributed by atoms with van der Waals surface area (Å²) in [4.78, 5) is 13.1. The van der Waals surface area contributed by atoms with Crippen molar-refractivity contribution < 1.29 is 0 Å². The Morgan fingerprint density at radius 1 is 1.04 bits per heavy atom. The Balaban J connectivity index is 1.54. The second-order valence-corrected chi connectivity index (χ2v) is 5.94. The monoisotopic (exact) mass is 345 g/mol. The second-order valence-electron chi connectivity index (χ2n) is 5.94. The second kappa shape index (κ2) is 6.79. The van der Waals surface area contributed by atoms with Gasteiger partial charge in [0, 0.05) is 23.9 Å². The molecule has 0 aliphatic heterocycles. The number of nitrogens with zero attached hydrogens (tertiary/aromatic N) is 5. The van der Waals surface area contributed by atoms with Crippen molar-refractivity contribution in [3.8, 4) is 11.3 Å². The van der Waals surface area contributed by atoms with Gasteiger partial charge in [-0.1, -0.05) is 43.3 Å². The van der Waals surface area contributed by atoms with Gasteiger partial charge < -0.3 is 11.1 Å². The van der Waals surface area contributed by atoms with E-state index < -0.39 is 0 Å². The van der Waals surface area contributed by atoms with Crippen molar-refractivity contribution in [1.82, 2.24) is 24.6 Å². The van der Waals surface area contributed by atoms with Crippen molar-refractivity contribution in [3.05, 3.63) is 66.0 Å². The Kier molecular flexibility index (Phi) is 4.18. The molecule has 7 nitrogen and oxygen atoms in total. The number of rotatable bonds is 5. The molecule has 4 rings (SSSR count). The quantitative estimate of drug-likeness (QED) is 0.577. The molecule has 4 aromatic rings. The molecule has 7 heteroatoms. The maximum atomic E-state index is 5.85. The van der Waals surface area contributed by atoms with E-state index in [9.17, 15) is 0 Å². The van der Waals surface area contributed by atoms with Gasteiger partial charge in [-0.3, -0.25) is 4.98 Å². The van der Waals surface area contributed by atoms with E-state index in [1.807, 2.05) is 48.7 Å². The van der Waals surface area contributed by atoms with Gasteiger partial charge in [-0.2, -0.15) is 19.6 Å². The Morgan fingerprint density at radius 3 is 2.62 bits per heavy atom. The number of aryl methyl sites for hydroxylation is 1. The maximum absolute atomic E-state index is 5.85. The normalized spacial score (nSPS) is 11.0. The molecule has 1 aromatic carbocycles. The lowest BCUT2D eigenvalue weighted by Gasteiger charge is -2.09. The molecular formula is C19H19N7. The summed E-state index contributed by atoms with van der Waals surface area (Å²) in [5.41, 5.74) is 10.7. The van der Waals surface area contributed by atoms with Crippen LogP contribution in [0.15, 0.2) is 54.9 Å². The standard InChI is InChI=1S/C19H19N7/c1-2-14-12-23-26-17(14)24-18(20)25-19(26)22-11-13-8-9-16(21-10-13)15-6-4-3-5-7-15/h3-10,12H,2,11H2,1H3,(H3,20,22,24,25). The van der Waals surface area contributed by atoms with Crippen LogP contribution in [0.4, 0.5) is 11.9 Å². The lowest BCUT2D eigenvalue weighted by Crippen LogP contribution is -2.11. The molecule has 0 aliphatic rings. The minimum Gasteiger partial charge on any atom is -0.368 e. The van der Waals surface area contributed by atoms with Crippen molar-refractivity contribution in [2.75, 3.05) is 11.1 Å². The van der Waals surface area contributed by atoms with Crippen LogP contribution in [0, 0.1) is 0 Å². The van der Waals surface area contributed by atoms with Crippen molar-refractivity contribution in [3.63, 3.8) is 0 Å². The van der Waals surface area contributed by atoms with Gasteiger partial charge in [-0.15, -0.1) is 0 Å². The predicted molar refractivity (Wildman–Crippen MR) is 102 cm³/mol. The molecule has 0 amide bonds. The lowest BCUT2D eigenvalue weighted by molar-refractivity contribution is 0.885. The minimum atomic E-state index is 0.229. The fourth-order valence-electron chi connectivity index (χ4n) is 2.79. The van der Waals surface area contributed by atoms with Crippen molar-refractivity contribution >= 4 is 17.5 Å². The molecule has 0 atom stereocenters. The van der Waals surface area contributed by atoms with E-state index in [1.165, 1.54) is 0 Å². The molecule has 0 bridgehead atoms. The topological polar surface area (TPSA) is 94.0 Å². The number of pyridine rings is 1. The van der Waals surface area contributed by atoms with Gasteiger partial charge in [-0.05, 0) is 18.1 Å². The van der Waals surface area contributed by atoms with Crippen LogP contribution in [0.1, 0.15) is 18.1 Å². The summed E-state index contributed by atoms with van der Waals surface area (Å²) < 4.78 is 1.68. The third kappa shape index (κ3) is 3.06. The van der Waals surface area contributed by atoms with Crippen LogP contribution >= 0.6 is 0 Å². The van der Waals surface area contributed by atoms with Crippen LogP contribution in [0.2, 0.25) is 0 Å². The molecule has 0 unspecified atom stereocenters. The summed E-state index contributed by atoms with van der Waals surface area (Å²) in [6.07, 6.45) is 4.49. The Bertz CT molecular complexity index is 1020. The molecule has 0 saturated heterocycles. The number of nitrogen functional groups attached to an aromatic ring is 1. The van der Waals surface area contributed by atoms with Gasteiger partial charge in [0.25, 0.3) is 0 Å². The molecule has 0 fully saturated rings. The first-order chi connectivity index (χ1) is 12.7. The zero-order chi connectivity index (χ0) is 17.9. The van der Waals surface area contributed by atoms with E-state index in [2.05, 4.69) is 32.3 Å². The van der Waals surface area contributed by atoms with E-state index in [4.69, 9.17) is 5.73 Å². The van der Waals surface area contributed by atoms with Gasteiger partial charge in [-0.25, -0.2) is 0 Å². The molecule has 3 heterocycles. The average Bonchev–Trinajstić information content (AvgIpc) is 3.10. The fraction of sp³-hybridized carbons (Fsp3) is 0.158. The number of fused-ring (bicyclic) bond motifs is 1. The largest absolute Gasteiger partial charge is 0.368 e. The van der Waals surface area contributed by atoms with E-state index in [0.717, 1.165) is 34.5 Å². The number of anilines is 2. The molecule has 0 spiro atoms. The van der Waals surface area contributed by atoms with Crippen LogP contribution in [0.3, 0.4) is 0 Å². The molecule has 0 aliphatic carbocycles. The lowest BCUT2D eigenvalue weighted by atomic mass is 10.1. The van der Waals surface area contributed by atoms with Crippen molar-refractivity contribution in [2.24, 2.45) is 0 Å². The maximum Gasteiger partial charge on any atom is 0.229 e. The average molecular weight is 345 g/mol. The highest BCUT2D eigenvalue weighted by Gasteiger charge is 2.10. The fourth-order valence-corrected chi connectivity index (χ4v) is 2.79. The number of hydrogen-bond acceptors (Lipinski definition) is 6. The molecule has 26 heavy (non-hydrogen) atoms. The summed E-state index contributed by atoms with van der Waals surface area (Å²) in [5.74, 6) is 0.798. The van der Waals surface area contributed by atoms with Crippen LogP contribution in [0.25, 0.3) is 16.9 Å². The highest BCUT2D eigenvalue weighted by atomic mass is 15.4. The van der Waals surface area contributed by atoms with Crippen LogP contribution in [-0.4, -0.2) is 24.6 Å². The summed E-state index contributed by atoms with van der Waals surface area (Å²) in [5, 5.41) is 7.63. The third-order valence-electron chi connectivity index (χ3n) is 4.18. The highest BCUT2D eigenvalue weighted by molar-refractivity contribution is 5.59. The first-order valence-corrected chi connectivity index (χ1v) is 8.49. The van der Waals surface area contributed by atoms with E-state index in [-0.39, 0.29) is 5.95 Å². The molecule has 0 saturated carbocycles. The van der Waals surface area contributed by atoms with Gasteiger partial charge in [0.15, 0.2) is 5.65 Å². The first kappa shape index (κ1) is 16.0. The zero-order valence-corrected chi connectivity index (χ0v) is 14.4. The van der Waals surface area contributed by atoms with Crippen LogP contribution < -0.4 is 11.1 Å². The van der Waals surface area contributed by atoms with E-state index in [0.29, 0.717) is 12.5 Å². The predicted octanol–water partition coefficient (Wildman–Crippen LogP) is 2.94. The van der Waals surface area contributed by atoms with Gasteiger partial charge >= 0.3 is 0 Å². The smallest absolute Gasteiger partial charge is 0.229 e. The first-order valence-electron chi connectivity index (χ1n) is 8.49. The zero-order valence-electron chi connectivity index (χ0n) is 14.4. The Labute approximate surface area is 150 Å². The van der Waals surface area contributed by atoms with E-state index in [1.54, 1.807) is 10.7 Å². The summed E-state index contributed by atoms with van der Waals surface area (Å²) in [6.45, 7) is 2.62. The van der Waals surface area contributed by atoms with Crippen molar-refractivity contribution in [2.45, 2.75) is 19.9 Å². The van der Waals surface area contributed by atoms with Gasteiger partial charge in [0.1, 0.15) is 0 Å². The molecule has 130 valence electrons. The minimum absolute atomic E-state index is 0.229. The molecular weight excluding hydrogens is 326 g/mol. The Morgan fingerprint density at radius 2 is 1.88 bits per heavy atom. The Hall–Kier alpha value is -3.48. The van der Waals surface area contributed by atoms with Crippen LogP contribution in [0.5, 0.6) is 0 Å². The van der Waals surface area contributed by atoms with E-state index >= 15 is 0 Å². The number of benzene rings is 1. The number of aromatic nitrogens is 5. The summed E-state index contributed by atoms with van der Waals surface area (Å²) >= 11 is 0.